The zero-order chi connectivity index (χ0) is 83.8. The highest BCUT2D eigenvalue weighted by atomic mass is 32.2. The van der Waals surface area contributed by atoms with Gasteiger partial charge in [0.15, 0.2) is 5.78 Å². The van der Waals surface area contributed by atoms with Gasteiger partial charge in [0, 0.05) is 83.5 Å². The number of carbonyl (C=O) groups is 15. The van der Waals surface area contributed by atoms with Crippen LogP contribution < -0.4 is 42.4 Å². The van der Waals surface area contributed by atoms with Gasteiger partial charge in [0.05, 0.1) is 81.1 Å². The van der Waals surface area contributed by atoms with Crippen molar-refractivity contribution >= 4 is 117 Å². The lowest BCUT2D eigenvalue weighted by Crippen LogP contribution is -2.59. The summed E-state index contributed by atoms with van der Waals surface area (Å²) in [4.78, 5) is 210. The van der Waals surface area contributed by atoms with E-state index in [0.717, 1.165) is 10.8 Å². The van der Waals surface area contributed by atoms with Crippen LogP contribution in [0.25, 0.3) is 10.8 Å². The lowest BCUT2D eigenvalue weighted by molar-refractivity contribution is -0.198. The fourth-order valence-electron chi connectivity index (χ4n) is 14.6. The van der Waals surface area contributed by atoms with Crippen LogP contribution in [0.15, 0.2) is 60.7 Å². The topological polar surface area (TPSA) is 426 Å². The average molecular weight is 1610 g/mol. The number of nitrogens with one attached hydrogen (secondary N) is 6. The number of likely N-dealkylation sites (N-methyl/N-ethyl adjacent to an activating group) is 2. The van der Waals surface area contributed by atoms with Crippen LogP contribution in [0.4, 0.5) is 15.3 Å². The number of hydroxylamine groups is 2. The van der Waals surface area contributed by atoms with E-state index in [1.165, 1.54) is 47.9 Å². The monoisotopic (exact) mass is 1610 g/mol. The van der Waals surface area contributed by atoms with Gasteiger partial charge in [0.25, 0.3) is 11.8 Å². The molecular formula is C80H114N12O21S. The number of primary amides is 1. The molecule has 114 heavy (non-hydrogen) atoms. The number of rotatable bonds is 45. The molecule has 11 atom stereocenters. The van der Waals surface area contributed by atoms with Crippen LogP contribution >= 0.6 is 11.8 Å². The summed E-state index contributed by atoms with van der Waals surface area (Å²) in [5, 5.41) is 17.6. The number of methoxy groups -OCH3 is 3. The first kappa shape index (κ1) is 91.4. The number of amides is 13. The zero-order valence-corrected chi connectivity index (χ0v) is 68.4. The van der Waals surface area contributed by atoms with Gasteiger partial charge in [-0.05, 0) is 122 Å². The summed E-state index contributed by atoms with van der Waals surface area (Å²) in [6.45, 7) is 11.9. The summed E-state index contributed by atoms with van der Waals surface area (Å²) in [5.74, 6) is -6.94. The van der Waals surface area contributed by atoms with Gasteiger partial charge in [0.1, 0.15) is 30.5 Å². The molecule has 0 bridgehead atoms. The van der Waals surface area contributed by atoms with Crippen molar-refractivity contribution in [1.29, 1.82) is 0 Å². The van der Waals surface area contributed by atoms with Crippen molar-refractivity contribution < 1.29 is 100 Å². The zero-order valence-electron chi connectivity index (χ0n) is 67.6. The summed E-state index contributed by atoms with van der Waals surface area (Å²) in [6.07, 6.45) is -0.960. The van der Waals surface area contributed by atoms with Gasteiger partial charge in [-0.25, -0.2) is 14.4 Å². The highest BCUT2D eigenvalue weighted by Gasteiger charge is 2.50. The Morgan fingerprint density at radius 2 is 1.41 bits per heavy atom. The van der Waals surface area contributed by atoms with E-state index >= 15 is 4.79 Å². The minimum Gasteiger partial charge on any atom is -0.497 e. The number of fused-ring (bicyclic) bond motifs is 1. The summed E-state index contributed by atoms with van der Waals surface area (Å²) in [7, 11) is 9.62. The Hall–Kier alpha value is -9.80. The Bertz CT molecular complexity index is 3930. The molecule has 0 spiro atoms. The SMILES string of the molecule is CC[C@H](C)C([C@@H](CC(=O)N1C[C@@H](OC(=O)OCc2ccc(NC(=O)[C@H](CCCNC(N)=O)NC(=O)CNC(=O)CCCCCN3C(=O)CC(SCC4(CC(=O)ON5C(=O)CCC5=O)CC4)C3=O)cc2)C[C@H]1[C@H](OC)[C@@H](C)C(=O)NCC(=O)c1ccc2cc(OC)ccc2c1)OC)N(C)C(=O)[C@@H](NC(=O)[C@H](C(C)C)N(C)C)C(C)C. The molecular weight excluding hydrogens is 1500 g/mol. The predicted molar refractivity (Wildman–Crippen MR) is 420 cm³/mol. The first-order valence-electron chi connectivity index (χ1n) is 38.9. The number of benzene rings is 3. The third-order valence-electron chi connectivity index (χ3n) is 21.4. The first-order chi connectivity index (χ1) is 54.1. The van der Waals surface area contributed by atoms with E-state index < -0.39 is 131 Å². The number of nitrogens with zero attached hydrogens (tertiary/aromatic N) is 5. The standard InChI is InChI=1S/C80H114N12O21S/c1-14-48(6)71(89(10)77(105)69(46(2)3)87-75(103)70(47(4)5)88(8)9)60(109-12)38-66(98)91-43-56(37-58(91)72(110-13)49(7)73(101)84-41-59(93)53-24-23-52-36-55(108-11)28-25-51(52)35-53)112-79(107)111-44-50-21-26-54(27-22-50)85-74(102)57(19-18-33-82-78(81)106)86-63(95)42-83-62(94)20-16-15-17-34-90-67(99)39-61(76(90)104)114-45-80(31-32-80)40-68(100)113-92-64(96)29-30-65(92)97/h21-28,35-36,46-49,56-58,60-61,69-72H,14-20,29-34,37-45H2,1-13H3,(H,83,94)(H,84,101)(H,85,102)(H,86,95)(H,87,103)(H3,81,82,106)/t48-,49+,56-,57-,58-,60+,61?,69-,70-,71?,72+/m0/s1. The average Bonchev–Trinajstić information content (AvgIpc) is 1.31. The maximum absolute atomic E-state index is 15.1. The second-order valence-corrected chi connectivity index (χ2v) is 32.0. The number of thioether (sulfide) groups is 1. The van der Waals surface area contributed by atoms with Gasteiger partial charge in [-0.2, -0.15) is 0 Å². The first-order valence-corrected chi connectivity index (χ1v) is 40.0. The molecule has 2 unspecified atom stereocenters. The number of hydrogen-bond acceptors (Lipinski definition) is 23. The van der Waals surface area contributed by atoms with E-state index in [4.69, 9.17) is 34.3 Å². The number of carbonyl (C=O) groups excluding carboxylic acids is 15. The maximum Gasteiger partial charge on any atom is 0.508 e. The summed E-state index contributed by atoms with van der Waals surface area (Å²) in [5.41, 5.74) is 5.90. The molecule has 3 heterocycles. The molecule has 8 N–H and O–H groups in total. The van der Waals surface area contributed by atoms with E-state index in [9.17, 15) is 67.1 Å². The van der Waals surface area contributed by atoms with Crippen LogP contribution in [0.2, 0.25) is 0 Å². The smallest absolute Gasteiger partial charge is 0.497 e. The third kappa shape index (κ3) is 25.9. The summed E-state index contributed by atoms with van der Waals surface area (Å²) < 4.78 is 29.1. The predicted octanol–water partition coefficient (Wildman–Crippen LogP) is 5.31. The number of ketones is 1. The van der Waals surface area contributed by atoms with Crippen LogP contribution in [0.1, 0.15) is 161 Å². The van der Waals surface area contributed by atoms with Crippen molar-refractivity contribution in [3.05, 3.63) is 71.8 Å². The van der Waals surface area contributed by atoms with E-state index in [0.29, 0.717) is 66.2 Å². The van der Waals surface area contributed by atoms with Crippen molar-refractivity contribution in [2.75, 3.05) is 86.3 Å². The van der Waals surface area contributed by atoms with Crippen LogP contribution in [0.5, 0.6) is 5.75 Å². The molecule has 1 aliphatic carbocycles. The largest absolute Gasteiger partial charge is 0.508 e. The molecule has 1 saturated carbocycles. The number of urea groups is 1. The Morgan fingerprint density at radius 1 is 0.728 bits per heavy atom. The van der Waals surface area contributed by atoms with E-state index in [1.54, 1.807) is 81.4 Å². The molecule has 3 aromatic rings. The lowest BCUT2D eigenvalue weighted by Gasteiger charge is -2.41. The van der Waals surface area contributed by atoms with Crippen molar-refractivity contribution in [2.45, 2.75) is 205 Å². The number of likely N-dealkylation sites (tertiary alicyclic amines) is 2. The molecule has 33 nitrogen and oxygen atoms in total. The molecule has 7 rings (SSSR count). The molecule has 4 aliphatic rings. The highest BCUT2D eigenvalue weighted by Crippen LogP contribution is 2.52. The fraction of sp³-hybridized carbons (Fsp3) is 0.613. The molecule has 0 radical (unpaired) electrons. The summed E-state index contributed by atoms with van der Waals surface area (Å²) >= 11 is 1.29. The highest BCUT2D eigenvalue weighted by molar-refractivity contribution is 8.00. The van der Waals surface area contributed by atoms with Crippen LogP contribution in [0, 0.1) is 29.1 Å². The van der Waals surface area contributed by atoms with Crippen LogP contribution in [-0.2, 0) is 87.9 Å². The Kier molecular flexibility index (Phi) is 34.5. The van der Waals surface area contributed by atoms with E-state index in [1.807, 2.05) is 53.7 Å². The number of anilines is 1. The Morgan fingerprint density at radius 3 is 2.04 bits per heavy atom. The molecule has 3 saturated heterocycles. The second-order valence-electron chi connectivity index (χ2n) is 30.8. The number of imide groups is 2. The fourth-order valence-corrected chi connectivity index (χ4v) is 16.1. The Balaban J connectivity index is 0.928. The third-order valence-corrected chi connectivity index (χ3v) is 23.0. The maximum atomic E-state index is 15.1. The van der Waals surface area contributed by atoms with Crippen molar-refractivity contribution in [1.82, 2.24) is 51.2 Å². The minimum atomic E-state index is -1.16. The molecule has 4 fully saturated rings. The molecule has 626 valence electrons. The van der Waals surface area contributed by atoms with Crippen LogP contribution in [0.3, 0.4) is 0 Å². The number of unbranched alkanes of at least 4 members (excludes halogenated alkanes) is 2. The molecule has 3 aromatic carbocycles. The molecule has 3 aliphatic heterocycles. The Labute approximate surface area is 669 Å². The van der Waals surface area contributed by atoms with Crippen molar-refractivity contribution in [2.24, 2.45) is 34.8 Å². The summed E-state index contributed by atoms with van der Waals surface area (Å²) in [6, 6.07) is 11.8. The number of hydrogen-bond donors (Lipinski definition) is 7. The van der Waals surface area contributed by atoms with E-state index in [-0.39, 0.29) is 143 Å². The molecule has 0 aromatic heterocycles. The van der Waals surface area contributed by atoms with Gasteiger partial charge in [-0.3, -0.25) is 67.3 Å². The number of nitrogens with two attached hydrogens (primary N) is 1. The van der Waals surface area contributed by atoms with Crippen molar-refractivity contribution in [3.63, 3.8) is 0 Å². The lowest BCUT2D eigenvalue weighted by atomic mass is 9.89. The van der Waals surface area contributed by atoms with Crippen LogP contribution in [-0.4, -0.2) is 248 Å². The molecule has 13 amide bonds. The number of Topliss-reactive ketones (excluding diaryl/α,β-unsaturated/α-hetero) is 1. The van der Waals surface area contributed by atoms with Gasteiger partial charge in [-0.15, -0.1) is 16.8 Å². The molecule has 34 heteroatoms. The normalized spacial score (nSPS) is 18.6. The van der Waals surface area contributed by atoms with Gasteiger partial charge < -0.3 is 76.0 Å². The second kappa shape index (κ2) is 43.1. The van der Waals surface area contributed by atoms with E-state index in [2.05, 4.69) is 31.9 Å². The quantitative estimate of drug-likeness (QED) is 0.0163. The number of ether oxygens (including phenoxy) is 5. The minimum absolute atomic E-state index is 0.00133. The van der Waals surface area contributed by atoms with Gasteiger partial charge >= 0.3 is 18.2 Å². The van der Waals surface area contributed by atoms with Gasteiger partial charge in [-0.1, -0.05) is 91.6 Å². The van der Waals surface area contributed by atoms with Gasteiger partial charge in [0.2, 0.25) is 53.2 Å². The van der Waals surface area contributed by atoms with Crippen molar-refractivity contribution in [3.8, 4) is 5.75 Å².